The van der Waals surface area contributed by atoms with Crippen molar-refractivity contribution in [2.45, 2.75) is 56.2 Å². The SMILES string of the molecule is COc1ccc(S(=O)(=O)NC(CC(C)(C)CCOC(=O)Oc2ccc([N+](=O)[O-])cc2)[C@H](O)[C@H](Cc2ccccc2)NC(=O)O)cc1. The molecule has 0 aliphatic heterocycles. The van der Waals surface area contributed by atoms with Crippen molar-refractivity contribution >= 4 is 28.0 Å². The second-order valence-corrected chi connectivity index (χ2v) is 12.9. The van der Waals surface area contributed by atoms with Gasteiger partial charge in [-0.2, -0.15) is 0 Å². The van der Waals surface area contributed by atoms with Crippen molar-refractivity contribution in [3.8, 4) is 11.5 Å². The van der Waals surface area contributed by atoms with Crippen molar-refractivity contribution in [3.63, 3.8) is 0 Å². The molecular formula is C31H37N3O11S. The van der Waals surface area contributed by atoms with E-state index in [9.17, 15) is 38.3 Å². The van der Waals surface area contributed by atoms with E-state index in [2.05, 4.69) is 10.0 Å². The summed E-state index contributed by atoms with van der Waals surface area (Å²) < 4.78 is 44.8. The molecular weight excluding hydrogens is 622 g/mol. The first-order valence-corrected chi connectivity index (χ1v) is 15.6. The molecule has 0 radical (unpaired) electrons. The van der Waals surface area contributed by atoms with Crippen LogP contribution in [0.4, 0.5) is 15.3 Å². The molecule has 0 aromatic heterocycles. The van der Waals surface area contributed by atoms with E-state index in [1.807, 2.05) is 0 Å². The Hall–Kier alpha value is -4.73. The summed E-state index contributed by atoms with van der Waals surface area (Å²) in [5, 5.41) is 34.2. The van der Waals surface area contributed by atoms with E-state index in [1.54, 1.807) is 44.2 Å². The quantitative estimate of drug-likeness (QED) is 0.0729. The topological polar surface area (TPSA) is 204 Å². The Labute approximate surface area is 266 Å². The van der Waals surface area contributed by atoms with Crippen LogP contribution in [0.15, 0.2) is 83.8 Å². The van der Waals surface area contributed by atoms with Gasteiger partial charge in [0.1, 0.15) is 11.5 Å². The summed E-state index contributed by atoms with van der Waals surface area (Å²) in [6.45, 7) is 3.40. The predicted octanol–water partition coefficient (Wildman–Crippen LogP) is 4.51. The summed E-state index contributed by atoms with van der Waals surface area (Å²) in [6, 6.07) is 17.0. The molecule has 3 aromatic rings. The van der Waals surface area contributed by atoms with Crippen molar-refractivity contribution in [1.82, 2.24) is 10.0 Å². The van der Waals surface area contributed by atoms with Crippen LogP contribution in [0, 0.1) is 15.5 Å². The van der Waals surface area contributed by atoms with Gasteiger partial charge in [-0.3, -0.25) is 10.1 Å². The van der Waals surface area contributed by atoms with Crippen molar-refractivity contribution in [2.24, 2.45) is 5.41 Å². The van der Waals surface area contributed by atoms with Gasteiger partial charge in [-0.25, -0.2) is 22.7 Å². The van der Waals surface area contributed by atoms with E-state index in [0.29, 0.717) is 5.75 Å². The van der Waals surface area contributed by atoms with Crippen LogP contribution < -0.4 is 19.5 Å². The van der Waals surface area contributed by atoms with E-state index >= 15 is 0 Å². The van der Waals surface area contributed by atoms with E-state index in [4.69, 9.17) is 14.2 Å². The number of aliphatic hydroxyl groups excluding tert-OH is 1. The number of non-ortho nitro benzene ring substituents is 1. The maximum Gasteiger partial charge on any atom is 0.513 e. The Morgan fingerprint density at radius 3 is 2.13 bits per heavy atom. The predicted molar refractivity (Wildman–Crippen MR) is 166 cm³/mol. The number of nitrogens with one attached hydrogen (secondary N) is 2. The fourth-order valence-corrected chi connectivity index (χ4v) is 5.94. The molecule has 0 heterocycles. The Balaban J connectivity index is 1.77. The second-order valence-electron chi connectivity index (χ2n) is 11.2. The molecule has 0 aliphatic carbocycles. The molecule has 4 N–H and O–H groups in total. The van der Waals surface area contributed by atoms with Crippen LogP contribution >= 0.6 is 0 Å². The highest BCUT2D eigenvalue weighted by atomic mass is 32.2. The number of carbonyl (C=O) groups excluding carboxylic acids is 1. The lowest BCUT2D eigenvalue weighted by Gasteiger charge is -2.35. The number of hydrogen-bond acceptors (Lipinski definition) is 10. The van der Waals surface area contributed by atoms with Gasteiger partial charge in [0.2, 0.25) is 10.0 Å². The summed E-state index contributed by atoms with van der Waals surface area (Å²) in [5.41, 5.74) is -0.218. The molecule has 1 unspecified atom stereocenters. The Bertz CT molecular complexity index is 1570. The number of aliphatic hydroxyl groups is 1. The van der Waals surface area contributed by atoms with Gasteiger partial charge in [0.05, 0.1) is 41.7 Å². The first-order valence-electron chi connectivity index (χ1n) is 14.2. The highest BCUT2D eigenvalue weighted by molar-refractivity contribution is 7.89. The second kappa shape index (κ2) is 16.0. The minimum atomic E-state index is -4.20. The molecule has 3 atom stereocenters. The average molecular weight is 660 g/mol. The maximum absolute atomic E-state index is 13.4. The van der Waals surface area contributed by atoms with E-state index < -0.39 is 50.8 Å². The fraction of sp³-hybridized carbons (Fsp3) is 0.355. The Morgan fingerprint density at radius 2 is 1.57 bits per heavy atom. The molecule has 0 bridgehead atoms. The van der Waals surface area contributed by atoms with Gasteiger partial charge in [-0.05, 0) is 66.6 Å². The van der Waals surface area contributed by atoms with E-state index in [0.717, 1.165) is 5.56 Å². The first kappa shape index (κ1) is 35.7. The lowest BCUT2D eigenvalue weighted by Crippen LogP contribution is -2.55. The summed E-state index contributed by atoms with van der Waals surface area (Å²) in [6.07, 6.45) is -3.67. The van der Waals surface area contributed by atoms with Crippen LogP contribution in [-0.2, 0) is 21.2 Å². The van der Waals surface area contributed by atoms with Crippen LogP contribution in [0.2, 0.25) is 0 Å². The average Bonchev–Trinajstić information content (AvgIpc) is 3.00. The zero-order valence-corrected chi connectivity index (χ0v) is 26.3. The summed E-state index contributed by atoms with van der Waals surface area (Å²) in [5.74, 6) is 0.485. The third-order valence-electron chi connectivity index (χ3n) is 7.13. The Kier molecular flexibility index (Phi) is 12.4. The van der Waals surface area contributed by atoms with Gasteiger partial charge in [0.25, 0.3) is 5.69 Å². The monoisotopic (exact) mass is 659 g/mol. The molecule has 15 heteroatoms. The zero-order valence-electron chi connectivity index (χ0n) is 25.5. The number of hydrogen-bond donors (Lipinski definition) is 4. The van der Waals surface area contributed by atoms with E-state index in [-0.39, 0.29) is 42.2 Å². The third-order valence-corrected chi connectivity index (χ3v) is 8.63. The molecule has 46 heavy (non-hydrogen) atoms. The highest BCUT2D eigenvalue weighted by Gasteiger charge is 2.36. The minimum Gasteiger partial charge on any atom is -0.497 e. The number of nitrogens with zero attached hydrogens (tertiary/aromatic N) is 1. The number of carboxylic acid groups (broad SMARTS) is 1. The number of benzene rings is 3. The van der Waals surface area contributed by atoms with Gasteiger partial charge in [0, 0.05) is 12.1 Å². The number of sulfonamides is 1. The van der Waals surface area contributed by atoms with Crippen LogP contribution in [-0.4, -0.2) is 67.7 Å². The van der Waals surface area contributed by atoms with Crippen LogP contribution in [0.1, 0.15) is 32.3 Å². The van der Waals surface area contributed by atoms with Gasteiger partial charge in [-0.1, -0.05) is 44.2 Å². The number of rotatable bonds is 16. The number of carbonyl (C=O) groups is 2. The largest absolute Gasteiger partial charge is 0.513 e. The van der Waals surface area contributed by atoms with Crippen molar-refractivity contribution < 1.29 is 47.4 Å². The number of nitro groups is 1. The smallest absolute Gasteiger partial charge is 0.497 e. The molecule has 3 aromatic carbocycles. The lowest BCUT2D eigenvalue weighted by molar-refractivity contribution is -0.384. The number of amides is 1. The fourth-order valence-electron chi connectivity index (χ4n) is 4.69. The number of nitro benzene ring substituents is 1. The lowest BCUT2D eigenvalue weighted by atomic mass is 9.80. The van der Waals surface area contributed by atoms with Crippen LogP contribution in [0.5, 0.6) is 11.5 Å². The third kappa shape index (κ3) is 11.0. The molecule has 248 valence electrons. The highest BCUT2D eigenvalue weighted by Crippen LogP contribution is 2.30. The molecule has 3 rings (SSSR count). The molecule has 1 amide bonds. The molecule has 0 saturated carbocycles. The van der Waals surface area contributed by atoms with Gasteiger partial charge in [-0.15, -0.1) is 0 Å². The van der Waals surface area contributed by atoms with Crippen molar-refractivity contribution in [2.75, 3.05) is 13.7 Å². The normalized spacial score (nSPS) is 13.6. The molecule has 0 spiro atoms. The van der Waals surface area contributed by atoms with Crippen LogP contribution in [0.25, 0.3) is 0 Å². The van der Waals surface area contributed by atoms with Gasteiger partial charge in [0.15, 0.2) is 0 Å². The van der Waals surface area contributed by atoms with Crippen molar-refractivity contribution in [3.05, 3.63) is 94.5 Å². The number of methoxy groups -OCH3 is 1. The minimum absolute atomic E-state index is 0.0108. The summed E-state index contributed by atoms with van der Waals surface area (Å²) in [7, 11) is -2.76. The molecule has 14 nitrogen and oxygen atoms in total. The molecule has 0 saturated heterocycles. The number of ether oxygens (including phenoxy) is 3. The summed E-state index contributed by atoms with van der Waals surface area (Å²) in [4.78, 5) is 34.1. The maximum atomic E-state index is 13.4. The molecule has 0 aliphatic rings. The van der Waals surface area contributed by atoms with E-state index in [1.165, 1.54) is 55.6 Å². The zero-order chi connectivity index (χ0) is 33.9. The Morgan fingerprint density at radius 1 is 0.957 bits per heavy atom. The van der Waals surface area contributed by atoms with Gasteiger partial charge >= 0.3 is 12.2 Å². The first-order chi connectivity index (χ1) is 21.7. The standard InChI is InChI=1S/C31H37N3O11S/c1-31(2,17-18-44-30(38)45-24-11-9-22(10-12-24)34(39)40)20-27(33-46(41,42)25-15-13-23(43-3)14-16-25)28(35)26(32-29(36)37)19-21-7-5-4-6-8-21/h4-16,26-28,32-33,35H,17-20H2,1-3H3,(H,36,37)/t26-,27?,28+/m0/s1. The van der Waals surface area contributed by atoms with Gasteiger partial charge < -0.3 is 29.7 Å². The molecule has 0 fully saturated rings. The summed E-state index contributed by atoms with van der Waals surface area (Å²) >= 11 is 0. The van der Waals surface area contributed by atoms with Crippen molar-refractivity contribution in [1.29, 1.82) is 0 Å². The van der Waals surface area contributed by atoms with Crippen LogP contribution in [0.3, 0.4) is 0 Å².